The van der Waals surface area contributed by atoms with Crippen LogP contribution in [0.1, 0.15) is 39.2 Å². The smallest absolute Gasteiger partial charge is 0.115 e. The SMILES string of the molecule is CCNC(CCC(C)C)Cc1ccc(O)cc1. The number of benzene rings is 1. The second kappa shape index (κ2) is 7.33. The molecule has 1 aromatic rings. The van der Waals surface area contributed by atoms with Crippen molar-refractivity contribution in [3.05, 3.63) is 29.8 Å². The molecule has 2 N–H and O–H groups in total. The Bertz CT molecular complexity index is 305. The lowest BCUT2D eigenvalue weighted by Crippen LogP contribution is -2.31. The Balaban J connectivity index is 2.50. The third-order valence-corrected chi connectivity index (χ3v) is 3.00. The van der Waals surface area contributed by atoms with Crippen LogP contribution in [0, 0.1) is 5.92 Å². The van der Waals surface area contributed by atoms with Crippen molar-refractivity contribution < 1.29 is 5.11 Å². The summed E-state index contributed by atoms with van der Waals surface area (Å²) in [6.07, 6.45) is 3.52. The van der Waals surface area contributed by atoms with E-state index in [1.165, 1.54) is 18.4 Å². The van der Waals surface area contributed by atoms with Crippen LogP contribution < -0.4 is 5.32 Å². The number of hydrogen-bond acceptors (Lipinski definition) is 2. The molecule has 0 radical (unpaired) electrons. The van der Waals surface area contributed by atoms with Crippen LogP contribution in [0.25, 0.3) is 0 Å². The summed E-state index contributed by atoms with van der Waals surface area (Å²) in [6.45, 7) is 7.70. The summed E-state index contributed by atoms with van der Waals surface area (Å²) >= 11 is 0. The van der Waals surface area contributed by atoms with Crippen molar-refractivity contribution in [1.82, 2.24) is 5.32 Å². The van der Waals surface area contributed by atoms with Crippen molar-refractivity contribution >= 4 is 0 Å². The molecule has 1 aromatic carbocycles. The standard InChI is InChI=1S/C15H25NO/c1-4-16-14(8-5-12(2)3)11-13-6-9-15(17)10-7-13/h6-7,9-10,12,14,16-17H,4-5,8,11H2,1-3H3. The van der Waals surface area contributed by atoms with Crippen LogP contribution >= 0.6 is 0 Å². The highest BCUT2D eigenvalue weighted by Crippen LogP contribution is 2.14. The molecule has 0 fully saturated rings. The van der Waals surface area contributed by atoms with Gasteiger partial charge in [-0.15, -0.1) is 0 Å². The molecule has 2 nitrogen and oxygen atoms in total. The fourth-order valence-corrected chi connectivity index (χ4v) is 2.02. The molecule has 0 aliphatic carbocycles. The van der Waals surface area contributed by atoms with Crippen molar-refractivity contribution in [1.29, 1.82) is 0 Å². The molecule has 0 saturated carbocycles. The minimum atomic E-state index is 0.343. The first-order chi connectivity index (χ1) is 8.11. The van der Waals surface area contributed by atoms with Gasteiger partial charge < -0.3 is 10.4 Å². The molecule has 0 saturated heterocycles. The van der Waals surface area contributed by atoms with Crippen molar-refractivity contribution in [2.24, 2.45) is 5.92 Å². The Hall–Kier alpha value is -1.02. The van der Waals surface area contributed by atoms with E-state index in [1.807, 2.05) is 12.1 Å². The topological polar surface area (TPSA) is 32.3 Å². The molecule has 0 aliphatic heterocycles. The van der Waals surface area contributed by atoms with E-state index in [0.717, 1.165) is 18.9 Å². The van der Waals surface area contributed by atoms with Gasteiger partial charge in [-0.25, -0.2) is 0 Å². The fourth-order valence-electron chi connectivity index (χ4n) is 2.02. The van der Waals surface area contributed by atoms with Gasteiger partial charge in [0.05, 0.1) is 0 Å². The predicted octanol–water partition coefficient (Wildman–Crippen LogP) is 3.35. The van der Waals surface area contributed by atoms with Crippen LogP contribution in [0.4, 0.5) is 0 Å². The molecule has 1 rings (SSSR count). The van der Waals surface area contributed by atoms with Crippen LogP contribution in [-0.2, 0) is 6.42 Å². The highest BCUT2D eigenvalue weighted by molar-refractivity contribution is 5.26. The van der Waals surface area contributed by atoms with Crippen molar-refractivity contribution in [3.8, 4) is 5.75 Å². The Kier molecular flexibility index (Phi) is 6.06. The summed E-state index contributed by atoms with van der Waals surface area (Å²) in [5.74, 6) is 1.10. The van der Waals surface area contributed by atoms with Gasteiger partial charge in [0.15, 0.2) is 0 Å². The van der Waals surface area contributed by atoms with E-state index in [-0.39, 0.29) is 0 Å². The number of phenols is 1. The second-order valence-electron chi connectivity index (χ2n) is 5.10. The normalized spacial score (nSPS) is 12.9. The van der Waals surface area contributed by atoms with Gasteiger partial charge in [-0.1, -0.05) is 32.9 Å². The predicted molar refractivity (Wildman–Crippen MR) is 73.3 cm³/mol. The van der Waals surface area contributed by atoms with E-state index < -0.39 is 0 Å². The number of aromatic hydroxyl groups is 1. The molecule has 0 bridgehead atoms. The highest BCUT2D eigenvalue weighted by atomic mass is 16.3. The molecule has 0 amide bonds. The zero-order valence-corrected chi connectivity index (χ0v) is 11.2. The maximum Gasteiger partial charge on any atom is 0.115 e. The largest absolute Gasteiger partial charge is 0.508 e. The van der Waals surface area contributed by atoms with Crippen LogP contribution in [0.15, 0.2) is 24.3 Å². The van der Waals surface area contributed by atoms with E-state index in [1.54, 1.807) is 12.1 Å². The minimum Gasteiger partial charge on any atom is -0.508 e. The van der Waals surface area contributed by atoms with E-state index in [4.69, 9.17) is 0 Å². The molecule has 0 aromatic heterocycles. The van der Waals surface area contributed by atoms with Crippen LogP contribution in [0.5, 0.6) is 5.75 Å². The average molecular weight is 235 g/mol. The van der Waals surface area contributed by atoms with Crippen molar-refractivity contribution in [2.45, 2.75) is 46.1 Å². The monoisotopic (exact) mass is 235 g/mol. The molecule has 0 heterocycles. The lowest BCUT2D eigenvalue weighted by molar-refractivity contribution is 0.434. The highest BCUT2D eigenvalue weighted by Gasteiger charge is 2.09. The van der Waals surface area contributed by atoms with E-state index >= 15 is 0 Å². The molecule has 96 valence electrons. The van der Waals surface area contributed by atoms with Crippen LogP contribution in [0.2, 0.25) is 0 Å². The maximum absolute atomic E-state index is 9.25. The molecule has 1 unspecified atom stereocenters. The Morgan fingerprint density at radius 1 is 1.12 bits per heavy atom. The fraction of sp³-hybridized carbons (Fsp3) is 0.600. The lowest BCUT2D eigenvalue weighted by atomic mass is 9.98. The number of hydrogen-bond donors (Lipinski definition) is 2. The Labute approximate surface area is 105 Å². The van der Waals surface area contributed by atoms with E-state index in [0.29, 0.717) is 11.8 Å². The van der Waals surface area contributed by atoms with Gasteiger partial charge in [-0.2, -0.15) is 0 Å². The summed E-state index contributed by atoms with van der Waals surface area (Å²) in [5, 5.41) is 12.8. The van der Waals surface area contributed by atoms with E-state index in [2.05, 4.69) is 26.1 Å². The molecule has 2 heteroatoms. The van der Waals surface area contributed by atoms with Gasteiger partial charge in [0.1, 0.15) is 5.75 Å². The third kappa shape index (κ3) is 5.73. The Morgan fingerprint density at radius 3 is 2.29 bits per heavy atom. The molecular formula is C15H25NO. The number of nitrogens with one attached hydrogen (secondary N) is 1. The second-order valence-corrected chi connectivity index (χ2v) is 5.10. The molecule has 1 atom stereocenters. The third-order valence-electron chi connectivity index (χ3n) is 3.00. The quantitative estimate of drug-likeness (QED) is 0.759. The van der Waals surface area contributed by atoms with Crippen molar-refractivity contribution in [3.63, 3.8) is 0 Å². The summed E-state index contributed by atoms with van der Waals surface area (Å²) < 4.78 is 0. The Morgan fingerprint density at radius 2 is 1.76 bits per heavy atom. The summed E-state index contributed by atoms with van der Waals surface area (Å²) in [6, 6.07) is 8.10. The minimum absolute atomic E-state index is 0.343. The average Bonchev–Trinajstić information content (AvgIpc) is 2.29. The van der Waals surface area contributed by atoms with Gasteiger partial charge in [0.2, 0.25) is 0 Å². The first kappa shape index (κ1) is 14.0. The summed E-state index contributed by atoms with van der Waals surface area (Å²) in [5.41, 5.74) is 1.29. The first-order valence-electron chi connectivity index (χ1n) is 6.63. The zero-order chi connectivity index (χ0) is 12.7. The lowest BCUT2D eigenvalue weighted by Gasteiger charge is -2.19. The molecular weight excluding hydrogens is 210 g/mol. The molecule has 0 spiro atoms. The first-order valence-corrected chi connectivity index (χ1v) is 6.63. The van der Waals surface area contributed by atoms with Crippen molar-refractivity contribution in [2.75, 3.05) is 6.54 Å². The summed E-state index contributed by atoms with van der Waals surface area (Å²) in [7, 11) is 0. The maximum atomic E-state index is 9.25. The number of rotatable bonds is 7. The number of phenolic OH excluding ortho intramolecular Hbond substituents is 1. The van der Waals surface area contributed by atoms with Gasteiger partial charge in [-0.05, 0) is 49.4 Å². The molecule has 0 aliphatic rings. The zero-order valence-electron chi connectivity index (χ0n) is 11.2. The molecule has 17 heavy (non-hydrogen) atoms. The van der Waals surface area contributed by atoms with Gasteiger partial charge in [-0.3, -0.25) is 0 Å². The number of likely N-dealkylation sites (N-methyl/N-ethyl adjacent to an activating group) is 1. The van der Waals surface area contributed by atoms with Gasteiger partial charge in [0.25, 0.3) is 0 Å². The summed E-state index contributed by atoms with van der Waals surface area (Å²) in [4.78, 5) is 0. The van der Waals surface area contributed by atoms with Gasteiger partial charge >= 0.3 is 0 Å². The van der Waals surface area contributed by atoms with Gasteiger partial charge in [0, 0.05) is 6.04 Å². The van der Waals surface area contributed by atoms with Crippen LogP contribution in [-0.4, -0.2) is 17.7 Å². The van der Waals surface area contributed by atoms with Crippen LogP contribution in [0.3, 0.4) is 0 Å². The van der Waals surface area contributed by atoms with E-state index in [9.17, 15) is 5.11 Å².